The van der Waals surface area contributed by atoms with Crippen molar-refractivity contribution >= 4 is 23.8 Å². The average molecular weight is 444 g/mol. The van der Waals surface area contributed by atoms with E-state index in [1.165, 1.54) is 42.6 Å². The first kappa shape index (κ1) is 22.6. The van der Waals surface area contributed by atoms with Gasteiger partial charge in [-0.25, -0.2) is 10.2 Å². The van der Waals surface area contributed by atoms with Crippen molar-refractivity contribution in [3.05, 3.63) is 99.6 Å². The Balaban J connectivity index is 1.48. The number of rotatable bonds is 8. The number of para-hydroxylation sites is 1. The van der Waals surface area contributed by atoms with Gasteiger partial charge in [0, 0.05) is 12.1 Å². The van der Waals surface area contributed by atoms with E-state index >= 15 is 0 Å². The van der Waals surface area contributed by atoms with Crippen molar-refractivity contribution in [2.75, 3.05) is 6.61 Å². The van der Waals surface area contributed by atoms with Gasteiger partial charge in [-0.2, -0.15) is 10.4 Å². The van der Waals surface area contributed by atoms with Crippen LogP contribution in [0.5, 0.6) is 11.5 Å². The molecule has 0 aliphatic carbocycles. The number of nitro groups is 1. The average Bonchev–Trinajstić information content (AvgIpc) is 2.84. The maximum Gasteiger partial charge on any atom is 0.343 e. The summed E-state index contributed by atoms with van der Waals surface area (Å²) in [5.41, 5.74) is 3.31. The lowest BCUT2D eigenvalue weighted by Crippen LogP contribution is -2.24. The second-order valence-corrected chi connectivity index (χ2v) is 6.45. The summed E-state index contributed by atoms with van der Waals surface area (Å²) in [4.78, 5) is 34.1. The molecule has 164 valence electrons. The summed E-state index contributed by atoms with van der Waals surface area (Å²) in [7, 11) is 0. The molecular formula is C23H16N4O6. The Bertz CT molecular complexity index is 1230. The van der Waals surface area contributed by atoms with Crippen molar-refractivity contribution in [1.82, 2.24) is 5.43 Å². The van der Waals surface area contributed by atoms with Crippen molar-refractivity contribution < 1.29 is 24.0 Å². The van der Waals surface area contributed by atoms with Crippen LogP contribution in [0.1, 0.15) is 21.5 Å². The highest BCUT2D eigenvalue weighted by Gasteiger charge is 2.11. The number of carbonyl (C=O) groups is 2. The van der Waals surface area contributed by atoms with E-state index in [9.17, 15) is 19.7 Å². The van der Waals surface area contributed by atoms with Crippen LogP contribution in [-0.4, -0.2) is 29.6 Å². The number of benzene rings is 3. The number of carbonyl (C=O) groups excluding carboxylic acids is 2. The first-order chi connectivity index (χ1) is 16.0. The van der Waals surface area contributed by atoms with Crippen molar-refractivity contribution in [3.8, 4) is 17.6 Å². The molecule has 10 nitrogen and oxygen atoms in total. The zero-order valence-corrected chi connectivity index (χ0v) is 17.0. The van der Waals surface area contributed by atoms with Crippen molar-refractivity contribution in [3.63, 3.8) is 0 Å². The van der Waals surface area contributed by atoms with Crippen LogP contribution >= 0.6 is 0 Å². The van der Waals surface area contributed by atoms with Crippen molar-refractivity contribution in [2.24, 2.45) is 5.10 Å². The fourth-order valence-electron chi connectivity index (χ4n) is 2.55. The molecule has 10 heteroatoms. The normalized spacial score (nSPS) is 10.3. The van der Waals surface area contributed by atoms with Gasteiger partial charge >= 0.3 is 5.97 Å². The first-order valence-corrected chi connectivity index (χ1v) is 9.47. The van der Waals surface area contributed by atoms with Crippen LogP contribution in [0.15, 0.2) is 77.9 Å². The number of non-ortho nitro benzene ring substituents is 1. The summed E-state index contributed by atoms with van der Waals surface area (Å²) in [6, 6.07) is 19.9. The van der Waals surface area contributed by atoms with Crippen molar-refractivity contribution in [1.29, 1.82) is 5.26 Å². The van der Waals surface area contributed by atoms with Crippen LogP contribution in [0, 0.1) is 21.4 Å². The number of nitrogens with one attached hydrogen (secondary N) is 1. The van der Waals surface area contributed by atoms with Crippen LogP contribution in [0.4, 0.5) is 5.69 Å². The molecule has 0 aliphatic rings. The third kappa shape index (κ3) is 6.47. The molecule has 3 aromatic rings. The van der Waals surface area contributed by atoms with Crippen LogP contribution < -0.4 is 14.9 Å². The largest absolute Gasteiger partial charge is 0.482 e. The smallest absolute Gasteiger partial charge is 0.343 e. The second-order valence-electron chi connectivity index (χ2n) is 6.45. The number of esters is 1. The summed E-state index contributed by atoms with van der Waals surface area (Å²) in [6.07, 6.45) is 1.39. The van der Waals surface area contributed by atoms with E-state index in [0.717, 1.165) is 0 Å². The first-order valence-electron chi connectivity index (χ1n) is 9.47. The van der Waals surface area contributed by atoms with Crippen LogP contribution in [0.2, 0.25) is 0 Å². The molecule has 0 unspecified atom stereocenters. The van der Waals surface area contributed by atoms with Gasteiger partial charge in [0.15, 0.2) is 6.61 Å². The van der Waals surface area contributed by atoms with Gasteiger partial charge in [0.25, 0.3) is 11.6 Å². The molecule has 0 atom stereocenters. The Kier molecular flexibility index (Phi) is 7.43. The molecule has 3 aromatic carbocycles. The minimum absolute atomic E-state index is 0.124. The Morgan fingerprint density at radius 2 is 1.76 bits per heavy atom. The molecule has 0 fully saturated rings. The van der Waals surface area contributed by atoms with Crippen molar-refractivity contribution in [2.45, 2.75) is 0 Å². The topological polar surface area (TPSA) is 144 Å². The molecule has 0 saturated heterocycles. The van der Waals surface area contributed by atoms with E-state index in [-0.39, 0.29) is 23.6 Å². The number of nitriles is 1. The Morgan fingerprint density at radius 1 is 1.06 bits per heavy atom. The van der Waals surface area contributed by atoms with E-state index in [2.05, 4.69) is 10.5 Å². The Hall–Kier alpha value is -5.04. The lowest BCUT2D eigenvalue weighted by atomic mass is 10.2. The predicted molar refractivity (Wildman–Crippen MR) is 117 cm³/mol. The van der Waals surface area contributed by atoms with Crippen LogP contribution in [0.25, 0.3) is 0 Å². The highest BCUT2D eigenvalue weighted by atomic mass is 16.6. The molecular weight excluding hydrogens is 428 g/mol. The summed E-state index contributed by atoms with van der Waals surface area (Å²) in [6.45, 7) is -0.312. The third-order valence-corrected chi connectivity index (χ3v) is 4.17. The lowest BCUT2D eigenvalue weighted by molar-refractivity contribution is -0.384. The minimum Gasteiger partial charge on any atom is -0.482 e. The molecule has 0 spiro atoms. The molecule has 1 amide bonds. The SMILES string of the molecule is N#Cc1ccccc1OCC(=O)N/N=C/c1ccc(OC(=O)c2ccc([N+](=O)[O-])cc2)cc1. The van der Waals surface area contributed by atoms with Crippen LogP contribution in [-0.2, 0) is 4.79 Å². The van der Waals surface area contributed by atoms with Gasteiger partial charge in [-0.3, -0.25) is 14.9 Å². The van der Waals surface area contributed by atoms with Gasteiger partial charge in [0.05, 0.1) is 22.3 Å². The quantitative estimate of drug-likeness (QED) is 0.185. The number of hydrogen-bond donors (Lipinski definition) is 1. The summed E-state index contributed by atoms with van der Waals surface area (Å²) >= 11 is 0. The minimum atomic E-state index is -0.656. The van der Waals surface area contributed by atoms with E-state index in [0.29, 0.717) is 16.9 Å². The Labute approximate surface area is 187 Å². The molecule has 0 heterocycles. The van der Waals surface area contributed by atoms with E-state index in [4.69, 9.17) is 14.7 Å². The maximum atomic E-state index is 12.1. The molecule has 0 radical (unpaired) electrons. The van der Waals surface area contributed by atoms with Crippen LogP contribution in [0.3, 0.4) is 0 Å². The molecule has 33 heavy (non-hydrogen) atoms. The predicted octanol–water partition coefficient (Wildman–Crippen LogP) is 3.21. The highest BCUT2D eigenvalue weighted by Crippen LogP contribution is 2.17. The van der Waals surface area contributed by atoms with E-state index in [1.807, 2.05) is 6.07 Å². The second kappa shape index (κ2) is 10.8. The number of nitrogens with zero attached hydrogens (tertiary/aromatic N) is 3. The standard InChI is InChI=1S/C23H16N4O6/c24-13-18-3-1-2-4-21(18)32-15-22(28)26-25-14-16-5-11-20(12-6-16)33-23(29)17-7-9-19(10-8-17)27(30)31/h1-12,14H,15H2,(H,26,28)/b25-14+. The Morgan fingerprint density at radius 3 is 2.42 bits per heavy atom. The highest BCUT2D eigenvalue weighted by molar-refractivity contribution is 5.91. The fourth-order valence-corrected chi connectivity index (χ4v) is 2.55. The number of nitro benzene ring substituents is 1. The van der Waals surface area contributed by atoms with Gasteiger partial charge in [-0.05, 0) is 54.1 Å². The van der Waals surface area contributed by atoms with Gasteiger partial charge < -0.3 is 9.47 Å². The van der Waals surface area contributed by atoms with Gasteiger partial charge in [-0.1, -0.05) is 12.1 Å². The maximum absolute atomic E-state index is 12.1. The summed E-state index contributed by atoms with van der Waals surface area (Å²) in [5.74, 6) is -0.591. The van der Waals surface area contributed by atoms with Gasteiger partial charge in [0.1, 0.15) is 17.6 Å². The van der Waals surface area contributed by atoms with E-state index in [1.54, 1.807) is 36.4 Å². The fraction of sp³-hybridized carbons (Fsp3) is 0.0435. The third-order valence-electron chi connectivity index (χ3n) is 4.17. The molecule has 0 aromatic heterocycles. The van der Waals surface area contributed by atoms with Gasteiger partial charge in [-0.15, -0.1) is 0 Å². The number of hydrogen-bond acceptors (Lipinski definition) is 8. The zero-order valence-electron chi connectivity index (χ0n) is 17.0. The zero-order chi connectivity index (χ0) is 23.6. The molecule has 0 bridgehead atoms. The summed E-state index contributed by atoms with van der Waals surface area (Å²) in [5, 5.41) is 23.5. The van der Waals surface area contributed by atoms with Gasteiger partial charge in [0.2, 0.25) is 0 Å². The monoisotopic (exact) mass is 444 g/mol. The lowest BCUT2D eigenvalue weighted by Gasteiger charge is -2.06. The molecule has 3 rings (SSSR count). The molecule has 0 saturated carbocycles. The molecule has 1 N–H and O–H groups in total. The number of amides is 1. The molecule has 0 aliphatic heterocycles. The van der Waals surface area contributed by atoms with E-state index < -0.39 is 16.8 Å². The number of ether oxygens (including phenoxy) is 2. The number of hydrazone groups is 1. The summed E-state index contributed by atoms with van der Waals surface area (Å²) < 4.78 is 10.5.